The number of nitrogens with zero attached hydrogens (tertiary/aromatic N) is 2. The summed E-state index contributed by atoms with van der Waals surface area (Å²) in [6.07, 6.45) is 5.30. The van der Waals surface area contributed by atoms with E-state index in [1.165, 1.54) is 11.1 Å². The Morgan fingerprint density at radius 3 is 2.64 bits per heavy atom. The fourth-order valence-corrected chi connectivity index (χ4v) is 2.98. The highest BCUT2D eigenvalue weighted by molar-refractivity contribution is 5.76. The number of nitrogens with one attached hydrogen (secondary N) is 1. The molecule has 0 amide bonds. The first kappa shape index (κ1) is 15.6. The van der Waals surface area contributed by atoms with Gasteiger partial charge in [-0.25, -0.2) is 9.97 Å². The molecule has 0 fully saturated rings. The van der Waals surface area contributed by atoms with Crippen LogP contribution in [0.4, 0.5) is 0 Å². The first-order valence-corrected chi connectivity index (χ1v) is 8.66. The molecule has 0 aliphatic carbocycles. The quantitative estimate of drug-likeness (QED) is 0.552. The Morgan fingerprint density at radius 1 is 1.08 bits per heavy atom. The van der Waals surface area contributed by atoms with Crippen LogP contribution in [-0.4, -0.2) is 15.0 Å². The first-order chi connectivity index (χ1) is 12.2. The van der Waals surface area contributed by atoms with Gasteiger partial charge in [0.25, 0.3) is 0 Å². The summed E-state index contributed by atoms with van der Waals surface area (Å²) in [7, 11) is 0. The number of rotatable bonds is 5. The molecule has 4 rings (SSSR count). The minimum atomic E-state index is 0.568. The van der Waals surface area contributed by atoms with E-state index in [0.29, 0.717) is 5.92 Å². The average Bonchev–Trinajstić information content (AvgIpc) is 3.29. The van der Waals surface area contributed by atoms with E-state index >= 15 is 0 Å². The van der Waals surface area contributed by atoms with Crippen LogP contribution >= 0.6 is 0 Å². The van der Waals surface area contributed by atoms with E-state index < -0.39 is 0 Å². The Labute approximate surface area is 146 Å². The van der Waals surface area contributed by atoms with Gasteiger partial charge >= 0.3 is 0 Å². The third-order valence-corrected chi connectivity index (χ3v) is 4.49. The zero-order chi connectivity index (χ0) is 17.2. The molecule has 1 aromatic carbocycles. The second kappa shape index (κ2) is 6.55. The summed E-state index contributed by atoms with van der Waals surface area (Å²) in [5, 5.41) is 0. The number of pyridine rings is 1. The maximum Gasteiger partial charge on any atom is 0.177 e. The number of hydrogen-bond acceptors (Lipinski definition) is 3. The van der Waals surface area contributed by atoms with E-state index in [1.54, 1.807) is 12.5 Å². The van der Waals surface area contributed by atoms with Crippen molar-refractivity contribution in [1.82, 2.24) is 15.0 Å². The van der Waals surface area contributed by atoms with Crippen molar-refractivity contribution >= 4 is 11.2 Å². The zero-order valence-electron chi connectivity index (χ0n) is 14.5. The molecule has 4 heteroatoms. The molecule has 0 radical (unpaired) electrons. The molecule has 0 bridgehead atoms. The van der Waals surface area contributed by atoms with Crippen LogP contribution in [0, 0.1) is 0 Å². The van der Waals surface area contributed by atoms with Gasteiger partial charge in [0.2, 0.25) is 0 Å². The second-order valence-electron chi connectivity index (χ2n) is 6.65. The summed E-state index contributed by atoms with van der Waals surface area (Å²) in [5.74, 6) is 2.35. The number of hydrogen-bond donors (Lipinski definition) is 1. The molecule has 0 unspecified atom stereocenters. The summed E-state index contributed by atoms with van der Waals surface area (Å²) >= 11 is 0. The molecule has 4 aromatic rings. The van der Waals surface area contributed by atoms with Gasteiger partial charge in [0.1, 0.15) is 11.6 Å². The molecule has 126 valence electrons. The van der Waals surface area contributed by atoms with Crippen molar-refractivity contribution in [3.8, 4) is 11.3 Å². The highest BCUT2D eigenvalue weighted by atomic mass is 16.3. The van der Waals surface area contributed by atoms with Gasteiger partial charge in [-0.3, -0.25) is 0 Å². The Kier molecular flexibility index (Phi) is 4.10. The van der Waals surface area contributed by atoms with Crippen LogP contribution in [0.3, 0.4) is 0 Å². The summed E-state index contributed by atoms with van der Waals surface area (Å²) < 4.78 is 5.43. The molecule has 0 saturated heterocycles. The largest absolute Gasteiger partial charge is 0.464 e. The molecule has 0 spiro atoms. The van der Waals surface area contributed by atoms with Crippen molar-refractivity contribution < 1.29 is 4.42 Å². The van der Waals surface area contributed by atoms with Crippen molar-refractivity contribution in [2.75, 3.05) is 0 Å². The van der Waals surface area contributed by atoms with E-state index in [4.69, 9.17) is 4.42 Å². The van der Waals surface area contributed by atoms with Gasteiger partial charge in [-0.2, -0.15) is 0 Å². The van der Waals surface area contributed by atoms with Gasteiger partial charge < -0.3 is 9.40 Å². The average molecular weight is 331 g/mol. The summed E-state index contributed by atoms with van der Waals surface area (Å²) in [4.78, 5) is 12.4. The lowest BCUT2D eigenvalue weighted by atomic mass is 10.0. The Balaban J connectivity index is 1.50. The summed E-state index contributed by atoms with van der Waals surface area (Å²) in [6, 6.07) is 14.7. The van der Waals surface area contributed by atoms with Crippen molar-refractivity contribution in [2.45, 2.75) is 32.6 Å². The van der Waals surface area contributed by atoms with Crippen molar-refractivity contribution in [3.05, 3.63) is 71.9 Å². The summed E-state index contributed by atoms with van der Waals surface area (Å²) in [6.45, 7) is 4.43. The van der Waals surface area contributed by atoms with Gasteiger partial charge in [0.05, 0.1) is 11.8 Å². The molecule has 0 aliphatic rings. The third-order valence-electron chi connectivity index (χ3n) is 4.49. The van der Waals surface area contributed by atoms with Crippen LogP contribution in [0.15, 0.2) is 59.3 Å². The molecule has 4 nitrogen and oxygen atoms in total. The highest BCUT2D eigenvalue weighted by Gasteiger charge is 2.08. The zero-order valence-corrected chi connectivity index (χ0v) is 14.5. The van der Waals surface area contributed by atoms with Gasteiger partial charge in [-0.1, -0.05) is 38.1 Å². The third kappa shape index (κ3) is 3.33. The monoisotopic (exact) mass is 331 g/mol. The predicted molar refractivity (Wildman–Crippen MR) is 99.5 cm³/mol. The highest BCUT2D eigenvalue weighted by Crippen LogP contribution is 2.22. The second-order valence-corrected chi connectivity index (χ2v) is 6.65. The SMILES string of the molecule is CC(C)c1ccc(CCc2nc3ncc(-c4ccco4)cc3[nH]2)cc1. The predicted octanol–water partition coefficient (Wildman–Crippen LogP) is 5.13. The molecular weight excluding hydrogens is 310 g/mol. The fraction of sp³-hybridized carbons (Fsp3) is 0.238. The van der Waals surface area contributed by atoms with Gasteiger partial charge in [-0.15, -0.1) is 0 Å². The molecule has 25 heavy (non-hydrogen) atoms. The lowest BCUT2D eigenvalue weighted by molar-refractivity contribution is 0.582. The fourth-order valence-electron chi connectivity index (χ4n) is 2.98. The molecule has 3 heterocycles. The lowest BCUT2D eigenvalue weighted by Crippen LogP contribution is -1.94. The first-order valence-electron chi connectivity index (χ1n) is 8.66. The summed E-state index contributed by atoms with van der Waals surface area (Å²) in [5.41, 5.74) is 5.35. The number of imidazole rings is 1. The van der Waals surface area contributed by atoms with Gasteiger partial charge in [0.15, 0.2) is 5.65 Å². The number of fused-ring (bicyclic) bond motifs is 1. The maximum atomic E-state index is 5.43. The van der Waals surface area contributed by atoms with Crippen LogP contribution in [0.5, 0.6) is 0 Å². The molecule has 3 aromatic heterocycles. The van der Waals surface area contributed by atoms with Gasteiger partial charge in [0, 0.05) is 18.2 Å². The standard InChI is InChI=1S/C21H21N3O/c1-14(2)16-8-5-15(6-9-16)7-10-20-23-18-12-17(13-22-21(18)24-20)19-4-3-11-25-19/h3-6,8-9,11-14H,7,10H2,1-2H3,(H,22,23,24). The van der Waals surface area contributed by atoms with Crippen LogP contribution in [0.2, 0.25) is 0 Å². The minimum absolute atomic E-state index is 0.568. The van der Waals surface area contributed by atoms with Gasteiger partial charge in [-0.05, 0) is 41.7 Å². The van der Waals surface area contributed by atoms with Crippen LogP contribution < -0.4 is 0 Å². The topological polar surface area (TPSA) is 54.7 Å². The van der Waals surface area contributed by atoms with E-state index in [1.807, 2.05) is 18.2 Å². The molecule has 0 atom stereocenters. The van der Waals surface area contributed by atoms with E-state index in [2.05, 4.69) is 53.1 Å². The van der Waals surface area contributed by atoms with E-state index in [9.17, 15) is 0 Å². The molecule has 0 aliphatic heterocycles. The number of aromatic amines is 1. The van der Waals surface area contributed by atoms with Crippen LogP contribution in [0.25, 0.3) is 22.5 Å². The molecule has 0 saturated carbocycles. The smallest absolute Gasteiger partial charge is 0.177 e. The normalized spacial score (nSPS) is 11.5. The number of H-pyrrole nitrogens is 1. The Morgan fingerprint density at radius 2 is 1.92 bits per heavy atom. The number of aryl methyl sites for hydroxylation is 2. The van der Waals surface area contributed by atoms with Crippen LogP contribution in [-0.2, 0) is 12.8 Å². The minimum Gasteiger partial charge on any atom is -0.464 e. The number of furan rings is 1. The van der Waals surface area contributed by atoms with Crippen molar-refractivity contribution in [2.24, 2.45) is 0 Å². The molecule has 1 N–H and O–H groups in total. The van der Waals surface area contributed by atoms with E-state index in [0.717, 1.165) is 41.2 Å². The Hall–Kier alpha value is -2.88. The van der Waals surface area contributed by atoms with Crippen molar-refractivity contribution in [3.63, 3.8) is 0 Å². The van der Waals surface area contributed by atoms with Crippen LogP contribution in [0.1, 0.15) is 36.7 Å². The lowest BCUT2D eigenvalue weighted by Gasteiger charge is -2.06. The maximum absolute atomic E-state index is 5.43. The van der Waals surface area contributed by atoms with E-state index in [-0.39, 0.29) is 0 Å². The molecular formula is C21H21N3O. The number of aromatic nitrogens is 3. The Bertz CT molecular complexity index is 966. The van der Waals surface area contributed by atoms with Crippen molar-refractivity contribution in [1.29, 1.82) is 0 Å². The number of benzene rings is 1.